The summed E-state index contributed by atoms with van der Waals surface area (Å²) >= 11 is 0. The lowest BCUT2D eigenvalue weighted by atomic mass is 9.92. The second-order valence-electron chi connectivity index (χ2n) is 3.42. The molecule has 1 atom stereocenters. The molecule has 0 aromatic heterocycles. The molecule has 0 N–H and O–H groups in total. The van der Waals surface area contributed by atoms with Crippen LogP contribution in [-0.2, 0) is 0 Å². The third-order valence-corrected chi connectivity index (χ3v) is 2.55. The first-order valence-corrected chi connectivity index (χ1v) is 4.72. The molecule has 1 unspecified atom stereocenters. The lowest BCUT2D eigenvalue weighted by Crippen LogP contribution is -2.20. The van der Waals surface area contributed by atoms with Crippen molar-refractivity contribution in [2.45, 2.75) is 0 Å². The largest absolute Gasteiger partial charge is 0.309 e. The molecule has 0 amide bonds. The normalized spacial score (nSPS) is 26.9. The van der Waals surface area contributed by atoms with Crippen LogP contribution in [0.15, 0.2) is 65.2 Å². The molecule has 0 spiro atoms. The highest BCUT2D eigenvalue weighted by molar-refractivity contribution is 5.74. The smallest absolute Gasteiger partial charge is 0.140 e. The van der Waals surface area contributed by atoms with Gasteiger partial charge in [0.15, 0.2) is 0 Å². The van der Waals surface area contributed by atoms with Gasteiger partial charge in [-0.1, -0.05) is 30.4 Å². The zero-order chi connectivity index (χ0) is 9.38. The summed E-state index contributed by atoms with van der Waals surface area (Å²) in [6, 6.07) is 0. The molecule has 0 saturated carbocycles. The van der Waals surface area contributed by atoms with Crippen LogP contribution in [0.1, 0.15) is 0 Å². The van der Waals surface area contributed by atoms with Crippen LogP contribution in [0.2, 0.25) is 0 Å². The maximum Gasteiger partial charge on any atom is 0.140 e. The molecule has 0 radical (unpaired) electrons. The van der Waals surface area contributed by atoms with Crippen LogP contribution < -0.4 is 0 Å². The highest BCUT2D eigenvalue weighted by Gasteiger charge is 2.21. The van der Waals surface area contributed by atoms with Crippen LogP contribution in [0.3, 0.4) is 0 Å². The van der Waals surface area contributed by atoms with E-state index >= 15 is 0 Å². The summed E-state index contributed by atoms with van der Waals surface area (Å²) in [6.45, 7) is 0. The van der Waals surface area contributed by atoms with Crippen molar-refractivity contribution >= 4 is 6.21 Å². The fraction of sp³-hybridized carbons (Fsp3) is 0.0833. The monoisotopic (exact) mass is 182 g/mol. The minimum absolute atomic E-state index is 0.398. The first kappa shape index (κ1) is 7.56. The van der Waals surface area contributed by atoms with Gasteiger partial charge in [-0.3, -0.25) is 0 Å². The number of rotatable bonds is 0. The quantitative estimate of drug-likeness (QED) is 0.561. The van der Waals surface area contributed by atoms with E-state index in [4.69, 9.17) is 0 Å². The number of hydrogen-bond acceptors (Lipinski definition) is 2. The lowest BCUT2D eigenvalue weighted by molar-refractivity contribution is 0.578. The number of allylic oxidation sites excluding steroid dienone is 7. The summed E-state index contributed by atoms with van der Waals surface area (Å²) in [7, 11) is 0. The molecule has 68 valence electrons. The molecule has 3 aliphatic rings. The lowest BCUT2D eigenvalue weighted by Gasteiger charge is -2.28. The van der Waals surface area contributed by atoms with Gasteiger partial charge in [-0.05, 0) is 6.08 Å². The zero-order valence-electron chi connectivity index (χ0n) is 7.67. The fourth-order valence-corrected chi connectivity index (χ4v) is 1.86. The van der Waals surface area contributed by atoms with Crippen LogP contribution in [0.5, 0.6) is 0 Å². The Bertz CT molecular complexity index is 393. The van der Waals surface area contributed by atoms with Crippen LogP contribution in [0, 0.1) is 5.92 Å². The van der Waals surface area contributed by atoms with E-state index in [-0.39, 0.29) is 0 Å². The van der Waals surface area contributed by atoms with Gasteiger partial charge >= 0.3 is 0 Å². The Hall–Kier alpha value is -1.83. The summed E-state index contributed by atoms with van der Waals surface area (Å²) in [5, 5.41) is 0. The number of fused-ring (bicyclic) bond motifs is 2. The summed E-state index contributed by atoms with van der Waals surface area (Å²) in [6.07, 6.45) is 18.5. The molecular formula is C12H10N2. The van der Waals surface area contributed by atoms with Crippen molar-refractivity contribution in [2.75, 3.05) is 0 Å². The van der Waals surface area contributed by atoms with Crippen molar-refractivity contribution in [3.05, 3.63) is 60.3 Å². The van der Waals surface area contributed by atoms with Crippen molar-refractivity contribution in [1.29, 1.82) is 0 Å². The van der Waals surface area contributed by atoms with Gasteiger partial charge in [0, 0.05) is 30.1 Å². The summed E-state index contributed by atoms with van der Waals surface area (Å²) in [5.41, 5.74) is 1.27. The highest BCUT2D eigenvalue weighted by Crippen LogP contribution is 2.31. The third-order valence-electron chi connectivity index (χ3n) is 2.55. The van der Waals surface area contributed by atoms with Crippen LogP contribution in [0.25, 0.3) is 0 Å². The van der Waals surface area contributed by atoms with Gasteiger partial charge in [0.25, 0.3) is 0 Å². The van der Waals surface area contributed by atoms with E-state index in [0.29, 0.717) is 5.92 Å². The van der Waals surface area contributed by atoms with Gasteiger partial charge in [-0.15, -0.1) is 0 Å². The second-order valence-corrected chi connectivity index (χ2v) is 3.42. The number of nitrogens with zero attached hydrogens (tertiary/aromatic N) is 2. The molecule has 0 saturated heterocycles. The Labute approximate surface area is 82.9 Å². The number of hydrogen-bond donors (Lipinski definition) is 0. The van der Waals surface area contributed by atoms with Crippen LogP contribution in [0.4, 0.5) is 0 Å². The molecule has 1 aliphatic carbocycles. The van der Waals surface area contributed by atoms with E-state index in [2.05, 4.69) is 46.5 Å². The van der Waals surface area contributed by atoms with Gasteiger partial charge in [0.2, 0.25) is 0 Å². The molecule has 14 heavy (non-hydrogen) atoms. The van der Waals surface area contributed by atoms with Crippen LogP contribution >= 0.6 is 0 Å². The van der Waals surface area contributed by atoms with Gasteiger partial charge in [-0.25, -0.2) is 4.99 Å². The predicted octanol–water partition coefficient (Wildman–Crippen LogP) is 2.37. The maximum absolute atomic E-state index is 4.39. The Balaban J connectivity index is 2.13. The summed E-state index contributed by atoms with van der Waals surface area (Å²) in [4.78, 5) is 6.44. The molecule has 0 aromatic carbocycles. The molecule has 0 aromatic rings. The first-order valence-electron chi connectivity index (χ1n) is 4.72. The SMILES string of the molecule is C1=CC2=C3N=CC=CN3C=CC2C=C1. The highest BCUT2D eigenvalue weighted by atomic mass is 15.2. The Morgan fingerprint density at radius 1 is 1.07 bits per heavy atom. The Kier molecular flexibility index (Phi) is 1.53. The van der Waals surface area contributed by atoms with Gasteiger partial charge < -0.3 is 4.90 Å². The standard InChI is InChI=1S/C12H10N2/c1-2-5-11-10(4-1)6-9-14-8-3-7-13-12(11)14/h1-10H. The minimum atomic E-state index is 0.398. The van der Waals surface area contributed by atoms with Crippen molar-refractivity contribution in [3.8, 4) is 0 Å². The van der Waals surface area contributed by atoms with Crippen molar-refractivity contribution in [2.24, 2.45) is 10.9 Å². The maximum atomic E-state index is 4.39. The molecular weight excluding hydrogens is 172 g/mol. The number of aliphatic imine (C=N–C) groups is 1. The molecule has 2 heteroatoms. The van der Waals surface area contributed by atoms with E-state index in [9.17, 15) is 0 Å². The fourth-order valence-electron chi connectivity index (χ4n) is 1.86. The topological polar surface area (TPSA) is 15.6 Å². The van der Waals surface area contributed by atoms with Crippen molar-refractivity contribution in [3.63, 3.8) is 0 Å². The molecule has 2 aliphatic heterocycles. The van der Waals surface area contributed by atoms with E-state index in [1.807, 2.05) is 18.5 Å². The van der Waals surface area contributed by atoms with E-state index in [1.165, 1.54) is 5.57 Å². The van der Waals surface area contributed by atoms with E-state index in [0.717, 1.165) is 5.82 Å². The summed E-state index contributed by atoms with van der Waals surface area (Å²) < 4.78 is 0. The molecule has 3 rings (SSSR count). The Morgan fingerprint density at radius 3 is 3.07 bits per heavy atom. The predicted molar refractivity (Wildman–Crippen MR) is 57.4 cm³/mol. The second kappa shape index (κ2) is 2.84. The van der Waals surface area contributed by atoms with Crippen molar-refractivity contribution in [1.82, 2.24) is 4.90 Å². The average Bonchev–Trinajstić information content (AvgIpc) is 2.29. The van der Waals surface area contributed by atoms with Crippen LogP contribution in [-0.4, -0.2) is 11.1 Å². The average molecular weight is 182 g/mol. The molecule has 2 heterocycles. The molecule has 0 bridgehead atoms. The van der Waals surface area contributed by atoms with Gasteiger partial charge in [0.1, 0.15) is 5.82 Å². The third kappa shape index (κ3) is 1.01. The minimum Gasteiger partial charge on any atom is -0.309 e. The molecule has 0 fully saturated rings. The van der Waals surface area contributed by atoms with Gasteiger partial charge in [-0.2, -0.15) is 0 Å². The zero-order valence-corrected chi connectivity index (χ0v) is 7.67. The van der Waals surface area contributed by atoms with Crippen molar-refractivity contribution < 1.29 is 0 Å². The molecule has 2 nitrogen and oxygen atoms in total. The first-order chi connectivity index (χ1) is 6.95. The van der Waals surface area contributed by atoms with E-state index in [1.54, 1.807) is 0 Å². The summed E-state index contributed by atoms with van der Waals surface area (Å²) in [5.74, 6) is 1.44. The van der Waals surface area contributed by atoms with Gasteiger partial charge in [0.05, 0.1) is 0 Å². The Morgan fingerprint density at radius 2 is 2.07 bits per heavy atom. The van der Waals surface area contributed by atoms with E-state index < -0.39 is 0 Å².